The zero-order valence-corrected chi connectivity index (χ0v) is 10.1. The van der Waals surface area contributed by atoms with Crippen LogP contribution in [0.4, 0.5) is 5.69 Å². The first-order valence-electron chi connectivity index (χ1n) is 5.83. The number of anilines is 1. The first kappa shape index (κ1) is 12.2. The van der Waals surface area contributed by atoms with Crippen LogP contribution in [0.25, 0.3) is 0 Å². The van der Waals surface area contributed by atoms with Gasteiger partial charge in [0.05, 0.1) is 6.26 Å². The van der Waals surface area contributed by atoms with Crippen molar-refractivity contribution in [3.8, 4) is 0 Å². The van der Waals surface area contributed by atoms with E-state index in [1.165, 1.54) is 11.8 Å². The molecule has 0 bridgehead atoms. The van der Waals surface area contributed by atoms with Crippen LogP contribution < -0.4 is 5.32 Å². The van der Waals surface area contributed by atoms with Crippen molar-refractivity contribution in [2.75, 3.05) is 5.32 Å². The Morgan fingerprint density at radius 1 is 1.28 bits per heavy atom. The summed E-state index contributed by atoms with van der Waals surface area (Å²) in [6.45, 7) is 2.54. The predicted molar refractivity (Wildman–Crippen MR) is 68.8 cm³/mol. The van der Waals surface area contributed by atoms with Gasteiger partial charge >= 0.3 is 5.97 Å². The Bertz CT molecular complexity index is 528. The molecule has 94 valence electrons. The minimum atomic E-state index is -1.04. The molecule has 0 fully saturated rings. The average molecular weight is 245 g/mol. The predicted octanol–water partition coefficient (Wildman–Crippen LogP) is 3.15. The highest BCUT2D eigenvalue weighted by Crippen LogP contribution is 2.15. The molecule has 0 atom stereocenters. The van der Waals surface area contributed by atoms with Gasteiger partial charge in [-0.3, -0.25) is 0 Å². The van der Waals surface area contributed by atoms with Crippen LogP contribution in [0.15, 0.2) is 41.0 Å². The molecule has 18 heavy (non-hydrogen) atoms. The van der Waals surface area contributed by atoms with Crippen LogP contribution in [0.2, 0.25) is 0 Å². The Morgan fingerprint density at radius 3 is 2.61 bits per heavy atom. The number of furan rings is 1. The van der Waals surface area contributed by atoms with E-state index in [1.54, 1.807) is 6.07 Å². The second kappa shape index (κ2) is 5.40. The van der Waals surface area contributed by atoms with Crippen LogP contribution in [0.5, 0.6) is 0 Å². The van der Waals surface area contributed by atoms with Crippen LogP contribution in [0.3, 0.4) is 0 Å². The fourth-order valence-corrected chi connectivity index (χ4v) is 1.72. The molecule has 1 aromatic carbocycles. The van der Waals surface area contributed by atoms with Crippen molar-refractivity contribution in [2.45, 2.75) is 19.9 Å². The number of carboxylic acids is 1. The Hall–Kier alpha value is -2.23. The van der Waals surface area contributed by atoms with E-state index in [-0.39, 0.29) is 5.76 Å². The van der Waals surface area contributed by atoms with Gasteiger partial charge < -0.3 is 14.8 Å². The number of nitrogens with one attached hydrogen (secondary N) is 1. The zero-order chi connectivity index (χ0) is 13.0. The number of aromatic carboxylic acids is 1. The standard InChI is InChI=1S/C14H15NO3/c1-2-10-3-5-12(6-4-10)15-9-11-7-8-18-13(11)14(16)17/h3-8,15H,2,9H2,1H3,(H,16,17). The fraction of sp³-hybridized carbons (Fsp3) is 0.214. The quantitative estimate of drug-likeness (QED) is 0.849. The summed E-state index contributed by atoms with van der Waals surface area (Å²) in [5.41, 5.74) is 2.88. The molecular weight excluding hydrogens is 230 g/mol. The lowest BCUT2D eigenvalue weighted by atomic mass is 10.1. The molecule has 1 aromatic heterocycles. The van der Waals surface area contributed by atoms with Crippen LogP contribution in [0.1, 0.15) is 28.6 Å². The van der Waals surface area contributed by atoms with Gasteiger partial charge in [-0.25, -0.2) is 4.79 Å². The first-order chi connectivity index (χ1) is 8.70. The second-order valence-corrected chi connectivity index (χ2v) is 3.98. The van der Waals surface area contributed by atoms with Gasteiger partial charge in [0.2, 0.25) is 5.76 Å². The summed E-state index contributed by atoms with van der Waals surface area (Å²) in [5.74, 6) is -1.05. The Labute approximate surface area is 105 Å². The number of hydrogen-bond donors (Lipinski definition) is 2. The summed E-state index contributed by atoms with van der Waals surface area (Å²) in [5, 5.41) is 12.1. The van der Waals surface area contributed by atoms with Gasteiger partial charge in [-0.2, -0.15) is 0 Å². The molecule has 0 aliphatic carbocycles. The van der Waals surface area contributed by atoms with Gasteiger partial charge in [-0.1, -0.05) is 19.1 Å². The van der Waals surface area contributed by atoms with Crippen molar-refractivity contribution < 1.29 is 14.3 Å². The number of hydrogen-bond acceptors (Lipinski definition) is 3. The van der Waals surface area contributed by atoms with E-state index in [2.05, 4.69) is 24.4 Å². The molecular formula is C14H15NO3. The zero-order valence-electron chi connectivity index (χ0n) is 10.1. The molecule has 2 N–H and O–H groups in total. The summed E-state index contributed by atoms with van der Waals surface area (Å²) < 4.78 is 4.91. The van der Waals surface area contributed by atoms with Crippen LogP contribution in [-0.2, 0) is 13.0 Å². The molecule has 4 heteroatoms. The van der Waals surface area contributed by atoms with Gasteiger partial charge in [-0.15, -0.1) is 0 Å². The lowest BCUT2D eigenvalue weighted by molar-refractivity contribution is 0.0661. The second-order valence-electron chi connectivity index (χ2n) is 3.98. The molecule has 4 nitrogen and oxygen atoms in total. The van der Waals surface area contributed by atoms with E-state index in [4.69, 9.17) is 9.52 Å². The third kappa shape index (κ3) is 2.71. The summed E-state index contributed by atoms with van der Waals surface area (Å²) >= 11 is 0. The molecule has 1 heterocycles. The van der Waals surface area contributed by atoms with Crippen LogP contribution >= 0.6 is 0 Å². The van der Waals surface area contributed by atoms with E-state index in [9.17, 15) is 4.79 Å². The minimum absolute atomic E-state index is 0.00678. The largest absolute Gasteiger partial charge is 0.475 e. The van der Waals surface area contributed by atoms with Crippen molar-refractivity contribution in [3.05, 3.63) is 53.5 Å². The molecule has 0 saturated heterocycles. The van der Waals surface area contributed by atoms with Crippen molar-refractivity contribution in [3.63, 3.8) is 0 Å². The van der Waals surface area contributed by atoms with Gasteiger partial charge in [0.15, 0.2) is 0 Å². The number of carbonyl (C=O) groups is 1. The van der Waals surface area contributed by atoms with Crippen molar-refractivity contribution >= 4 is 11.7 Å². The highest BCUT2D eigenvalue weighted by atomic mass is 16.4. The Morgan fingerprint density at radius 2 is 2.00 bits per heavy atom. The van der Waals surface area contributed by atoms with Crippen molar-refractivity contribution in [1.29, 1.82) is 0 Å². The normalized spacial score (nSPS) is 10.3. The number of rotatable bonds is 5. The van der Waals surface area contributed by atoms with E-state index >= 15 is 0 Å². The molecule has 0 radical (unpaired) electrons. The summed E-state index contributed by atoms with van der Waals surface area (Å²) in [6, 6.07) is 9.74. The smallest absolute Gasteiger partial charge is 0.372 e. The lowest BCUT2D eigenvalue weighted by Gasteiger charge is -2.06. The van der Waals surface area contributed by atoms with Gasteiger partial charge in [0.25, 0.3) is 0 Å². The molecule has 0 unspecified atom stereocenters. The summed E-state index contributed by atoms with van der Waals surface area (Å²) in [7, 11) is 0. The maximum atomic E-state index is 10.9. The van der Waals surface area contributed by atoms with Gasteiger partial charge in [-0.05, 0) is 30.2 Å². The first-order valence-corrected chi connectivity index (χ1v) is 5.83. The monoisotopic (exact) mass is 245 g/mol. The van der Waals surface area contributed by atoms with Gasteiger partial charge in [0, 0.05) is 17.8 Å². The van der Waals surface area contributed by atoms with E-state index in [0.29, 0.717) is 12.1 Å². The average Bonchev–Trinajstić information content (AvgIpc) is 2.85. The van der Waals surface area contributed by atoms with Crippen molar-refractivity contribution in [1.82, 2.24) is 0 Å². The molecule has 2 aromatic rings. The summed E-state index contributed by atoms with van der Waals surface area (Å²) in [6.07, 6.45) is 2.39. The van der Waals surface area contributed by atoms with E-state index in [0.717, 1.165) is 12.1 Å². The SMILES string of the molecule is CCc1ccc(NCc2ccoc2C(=O)O)cc1. The number of benzene rings is 1. The molecule has 0 aliphatic rings. The number of aryl methyl sites for hydroxylation is 1. The van der Waals surface area contributed by atoms with Crippen LogP contribution in [-0.4, -0.2) is 11.1 Å². The molecule has 0 saturated carbocycles. The third-order valence-electron chi connectivity index (χ3n) is 2.79. The molecule has 0 spiro atoms. The highest BCUT2D eigenvalue weighted by molar-refractivity contribution is 5.86. The topological polar surface area (TPSA) is 62.5 Å². The number of carboxylic acid groups (broad SMARTS) is 1. The van der Waals surface area contributed by atoms with E-state index in [1.807, 2.05) is 12.1 Å². The maximum Gasteiger partial charge on any atom is 0.372 e. The molecule has 0 amide bonds. The fourth-order valence-electron chi connectivity index (χ4n) is 1.72. The molecule has 0 aliphatic heterocycles. The highest BCUT2D eigenvalue weighted by Gasteiger charge is 2.13. The Kier molecular flexibility index (Phi) is 3.67. The minimum Gasteiger partial charge on any atom is -0.475 e. The Balaban J connectivity index is 2.02. The van der Waals surface area contributed by atoms with E-state index < -0.39 is 5.97 Å². The summed E-state index contributed by atoms with van der Waals surface area (Å²) in [4.78, 5) is 10.9. The van der Waals surface area contributed by atoms with Crippen LogP contribution in [0, 0.1) is 0 Å². The molecule has 2 rings (SSSR count). The maximum absolute atomic E-state index is 10.9. The van der Waals surface area contributed by atoms with Crippen molar-refractivity contribution in [2.24, 2.45) is 0 Å². The van der Waals surface area contributed by atoms with Gasteiger partial charge in [0.1, 0.15) is 0 Å². The third-order valence-corrected chi connectivity index (χ3v) is 2.79. The lowest BCUT2D eigenvalue weighted by Crippen LogP contribution is -2.04.